The van der Waals surface area contributed by atoms with Gasteiger partial charge < -0.3 is 10.5 Å². The summed E-state index contributed by atoms with van der Waals surface area (Å²) in [5.74, 6) is 0. The number of thiazole rings is 1. The standard InChI is InChI=1S/C9H14N2OS/c1-6-5-13-9(11-6)12-8-3-2-7(10)4-8/h5,7-8H,2-4,10H2,1H3. The molecule has 1 heterocycles. The lowest BCUT2D eigenvalue weighted by Gasteiger charge is -2.09. The molecule has 2 unspecified atom stereocenters. The molecule has 2 rings (SSSR count). The van der Waals surface area contributed by atoms with Gasteiger partial charge in [-0.3, -0.25) is 0 Å². The minimum Gasteiger partial charge on any atom is -0.467 e. The zero-order valence-corrected chi connectivity index (χ0v) is 8.51. The summed E-state index contributed by atoms with van der Waals surface area (Å²) in [6.07, 6.45) is 3.41. The van der Waals surface area contributed by atoms with Crippen LogP contribution in [-0.4, -0.2) is 17.1 Å². The normalized spacial score (nSPS) is 27.8. The lowest BCUT2D eigenvalue weighted by molar-refractivity contribution is 0.207. The van der Waals surface area contributed by atoms with E-state index in [0.717, 1.165) is 30.2 Å². The Labute approximate surface area is 81.9 Å². The summed E-state index contributed by atoms with van der Waals surface area (Å²) in [5, 5.41) is 2.79. The van der Waals surface area contributed by atoms with Gasteiger partial charge in [0.15, 0.2) is 0 Å². The van der Waals surface area contributed by atoms with E-state index >= 15 is 0 Å². The van der Waals surface area contributed by atoms with Crippen LogP contribution in [-0.2, 0) is 0 Å². The second kappa shape index (κ2) is 3.64. The van der Waals surface area contributed by atoms with Gasteiger partial charge in [-0.15, -0.1) is 0 Å². The molecule has 1 aliphatic carbocycles. The van der Waals surface area contributed by atoms with Crippen molar-refractivity contribution in [2.45, 2.75) is 38.3 Å². The van der Waals surface area contributed by atoms with Gasteiger partial charge in [0.25, 0.3) is 5.19 Å². The third-order valence-electron chi connectivity index (χ3n) is 2.29. The highest BCUT2D eigenvalue weighted by atomic mass is 32.1. The predicted octanol–water partition coefficient (Wildman–Crippen LogP) is 1.71. The number of hydrogen-bond acceptors (Lipinski definition) is 4. The number of hydrogen-bond donors (Lipinski definition) is 1. The van der Waals surface area contributed by atoms with Crippen LogP contribution in [0.4, 0.5) is 0 Å². The van der Waals surface area contributed by atoms with E-state index in [1.807, 2.05) is 12.3 Å². The number of nitrogens with two attached hydrogens (primary N) is 1. The molecular formula is C9H14N2OS. The number of rotatable bonds is 2. The number of ether oxygens (including phenoxy) is 1. The van der Waals surface area contributed by atoms with Crippen molar-refractivity contribution >= 4 is 11.3 Å². The largest absolute Gasteiger partial charge is 0.467 e. The van der Waals surface area contributed by atoms with Crippen LogP contribution in [0.1, 0.15) is 25.0 Å². The van der Waals surface area contributed by atoms with Gasteiger partial charge >= 0.3 is 0 Å². The van der Waals surface area contributed by atoms with Crippen molar-refractivity contribution in [3.05, 3.63) is 11.1 Å². The Morgan fingerprint density at radius 1 is 1.62 bits per heavy atom. The lowest BCUT2D eigenvalue weighted by atomic mass is 10.3. The molecule has 0 aromatic carbocycles. The zero-order chi connectivity index (χ0) is 9.26. The number of aromatic nitrogens is 1. The van der Waals surface area contributed by atoms with E-state index in [2.05, 4.69) is 4.98 Å². The van der Waals surface area contributed by atoms with Crippen molar-refractivity contribution in [2.24, 2.45) is 5.73 Å². The molecule has 1 saturated carbocycles. The van der Waals surface area contributed by atoms with Gasteiger partial charge in [0.2, 0.25) is 0 Å². The molecule has 0 bridgehead atoms. The minimum atomic E-state index is 0.292. The van der Waals surface area contributed by atoms with E-state index in [9.17, 15) is 0 Å². The van der Waals surface area contributed by atoms with Gasteiger partial charge in [0.1, 0.15) is 6.10 Å². The summed E-state index contributed by atoms with van der Waals surface area (Å²) in [4.78, 5) is 4.25. The first-order chi connectivity index (χ1) is 6.24. The van der Waals surface area contributed by atoms with Crippen molar-refractivity contribution < 1.29 is 4.74 Å². The molecule has 72 valence electrons. The number of nitrogens with zero attached hydrogens (tertiary/aromatic N) is 1. The van der Waals surface area contributed by atoms with Gasteiger partial charge in [0, 0.05) is 11.4 Å². The highest BCUT2D eigenvalue weighted by Crippen LogP contribution is 2.25. The molecule has 13 heavy (non-hydrogen) atoms. The Bertz CT molecular complexity index is 287. The fourth-order valence-electron chi connectivity index (χ4n) is 1.61. The fraction of sp³-hybridized carbons (Fsp3) is 0.667. The van der Waals surface area contributed by atoms with E-state index in [1.165, 1.54) is 0 Å². The molecule has 2 atom stereocenters. The second-order valence-corrected chi connectivity index (χ2v) is 4.39. The summed E-state index contributed by atoms with van der Waals surface area (Å²) in [6.45, 7) is 1.98. The van der Waals surface area contributed by atoms with Crippen LogP contribution < -0.4 is 10.5 Å². The summed E-state index contributed by atoms with van der Waals surface area (Å²) < 4.78 is 5.69. The first kappa shape index (κ1) is 8.97. The lowest BCUT2D eigenvalue weighted by Crippen LogP contribution is -2.19. The Morgan fingerprint density at radius 2 is 2.46 bits per heavy atom. The van der Waals surface area contributed by atoms with Crippen molar-refractivity contribution in [3.63, 3.8) is 0 Å². The maximum Gasteiger partial charge on any atom is 0.273 e. The van der Waals surface area contributed by atoms with Crippen LogP contribution >= 0.6 is 11.3 Å². The average molecular weight is 198 g/mol. The third kappa shape index (κ3) is 2.19. The van der Waals surface area contributed by atoms with Gasteiger partial charge in [-0.1, -0.05) is 11.3 Å². The maximum atomic E-state index is 5.79. The van der Waals surface area contributed by atoms with E-state index in [4.69, 9.17) is 10.5 Å². The van der Waals surface area contributed by atoms with E-state index in [1.54, 1.807) is 11.3 Å². The Hall–Kier alpha value is -0.610. The highest BCUT2D eigenvalue weighted by molar-refractivity contribution is 7.11. The SMILES string of the molecule is Cc1csc(OC2CCC(N)C2)n1. The third-order valence-corrected chi connectivity index (χ3v) is 3.14. The van der Waals surface area contributed by atoms with Crippen molar-refractivity contribution in [1.82, 2.24) is 4.98 Å². The molecule has 4 heteroatoms. The monoisotopic (exact) mass is 198 g/mol. The van der Waals surface area contributed by atoms with Crippen LogP contribution in [0.3, 0.4) is 0 Å². The first-order valence-electron chi connectivity index (χ1n) is 4.58. The molecule has 0 amide bonds. The maximum absolute atomic E-state index is 5.79. The Morgan fingerprint density at radius 3 is 3.00 bits per heavy atom. The van der Waals surface area contributed by atoms with E-state index < -0.39 is 0 Å². The minimum absolute atomic E-state index is 0.292. The van der Waals surface area contributed by atoms with Crippen LogP contribution in [0.15, 0.2) is 5.38 Å². The van der Waals surface area contributed by atoms with Crippen LogP contribution in [0.5, 0.6) is 5.19 Å². The van der Waals surface area contributed by atoms with Crippen molar-refractivity contribution in [3.8, 4) is 5.19 Å². The van der Waals surface area contributed by atoms with Gasteiger partial charge in [0.05, 0.1) is 5.69 Å². The molecule has 0 aliphatic heterocycles. The van der Waals surface area contributed by atoms with E-state index in [-0.39, 0.29) is 0 Å². The van der Waals surface area contributed by atoms with Crippen LogP contribution in [0.25, 0.3) is 0 Å². The van der Waals surface area contributed by atoms with E-state index in [0.29, 0.717) is 12.1 Å². The Balaban J connectivity index is 1.91. The zero-order valence-electron chi connectivity index (χ0n) is 7.69. The Kier molecular flexibility index (Phi) is 2.51. The number of aryl methyl sites for hydroxylation is 1. The highest BCUT2D eigenvalue weighted by Gasteiger charge is 2.23. The molecule has 1 aromatic heterocycles. The van der Waals surface area contributed by atoms with Gasteiger partial charge in [-0.2, -0.15) is 0 Å². The summed E-state index contributed by atoms with van der Waals surface area (Å²) in [7, 11) is 0. The topological polar surface area (TPSA) is 48.1 Å². The summed E-state index contributed by atoms with van der Waals surface area (Å²) in [5.41, 5.74) is 6.82. The molecule has 1 aliphatic rings. The fourth-order valence-corrected chi connectivity index (χ4v) is 2.32. The van der Waals surface area contributed by atoms with Gasteiger partial charge in [-0.05, 0) is 26.2 Å². The molecule has 0 saturated heterocycles. The quantitative estimate of drug-likeness (QED) is 0.787. The molecular weight excluding hydrogens is 184 g/mol. The van der Waals surface area contributed by atoms with Crippen LogP contribution in [0, 0.1) is 6.92 Å². The molecule has 0 radical (unpaired) electrons. The van der Waals surface area contributed by atoms with Crippen LogP contribution in [0.2, 0.25) is 0 Å². The first-order valence-corrected chi connectivity index (χ1v) is 5.46. The average Bonchev–Trinajstić information content (AvgIpc) is 2.62. The van der Waals surface area contributed by atoms with Crippen molar-refractivity contribution in [1.29, 1.82) is 0 Å². The molecule has 3 nitrogen and oxygen atoms in total. The second-order valence-electron chi connectivity index (χ2n) is 3.57. The molecule has 1 fully saturated rings. The summed E-state index contributed by atoms with van der Waals surface area (Å²) in [6, 6.07) is 0.325. The smallest absolute Gasteiger partial charge is 0.273 e. The summed E-state index contributed by atoms with van der Waals surface area (Å²) >= 11 is 1.56. The van der Waals surface area contributed by atoms with Crippen molar-refractivity contribution in [2.75, 3.05) is 0 Å². The molecule has 0 spiro atoms. The molecule has 2 N–H and O–H groups in total. The predicted molar refractivity (Wildman–Crippen MR) is 53.1 cm³/mol. The van der Waals surface area contributed by atoms with Gasteiger partial charge in [-0.25, -0.2) is 4.98 Å². The molecule has 1 aromatic rings.